The number of carbonyl (C=O) groups is 2. The largest absolute Gasteiger partial charge is 0.458 e. The minimum absolute atomic E-state index is 0.259. The number of fused-ring (bicyclic) bond motifs is 1. The number of halogens is 3. The van der Waals surface area contributed by atoms with E-state index in [1.807, 2.05) is 42.5 Å². The summed E-state index contributed by atoms with van der Waals surface area (Å²) in [6.45, 7) is 1.23. The number of urea groups is 1. The van der Waals surface area contributed by atoms with Crippen molar-refractivity contribution in [3.8, 4) is 0 Å². The van der Waals surface area contributed by atoms with Gasteiger partial charge in [0, 0.05) is 5.70 Å². The number of nitrogens with one attached hydrogen (secondary N) is 2. The van der Waals surface area contributed by atoms with Crippen LogP contribution in [0.4, 0.5) is 4.79 Å². The number of carbonyl (C=O) groups excluding carboxylic acids is 2. The van der Waals surface area contributed by atoms with Crippen LogP contribution in [0.2, 0.25) is 0 Å². The molecular weight excluding hydrogens is 399 g/mol. The molecule has 26 heavy (non-hydrogen) atoms. The van der Waals surface area contributed by atoms with Gasteiger partial charge >= 0.3 is 12.0 Å². The molecule has 2 aromatic rings. The standard InChI is InChI=1S/C18H15Cl3N2O3/c1-10-14(16(24)26-9-18(19,20)21)15(23-17(25)22-10)13-8-4-6-11-5-2-3-7-12(11)13/h2-8,15H,9H2,1H3,(H2,22,23,25)/t15-/m0/s1. The Labute approximate surface area is 165 Å². The first-order valence-electron chi connectivity index (χ1n) is 7.76. The highest BCUT2D eigenvalue weighted by atomic mass is 35.6. The number of esters is 1. The Balaban J connectivity index is 2.04. The molecule has 0 spiro atoms. The van der Waals surface area contributed by atoms with Crippen LogP contribution in [0, 0.1) is 0 Å². The molecule has 1 aliphatic heterocycles. The first kappa shape index (κ1) is 18.8. The van der Waals surface area contributed by atoms with Gasteiger partial charge in [0.15, 0.2) is 0 Å². The average Bonchev–Trinajstić information content (AvgIpc) is 2.58. The molecule has 0 fully saturated rings. The minimum Gasteiger partial charge on any atom is -0.458 e. The van der Waals surface area contributed by atoms with Crippen LogP contribution in [0.15, 0.2) is 53.7 Å². The molecule has 2 amide bonds. The first-order valence-corrected chi connectivity index (χ1v) is 8.89. The van der Waals surface area contributed by atoms with Crippen LogP contribution in [-0.2, 0) is 9.53 Å². The fourth-order valence-corrected chi connectivity index (χ4v) is 3.09. The average molecular weight is 414 g/mol. The highest BCUT2D eigenvalue weighted by Crippen LogP contribution is 2.33. The molecular formula is C18H15Cl3N2O3. The summed E-state index contributed by atoms with van der Waals surface area (Å²) in [4.78, 5) is 24.6. The van der Waals surface area contributed by atoms with E-state index >= 15 is 0 Å². The van der Waals surface area contributed by atoms with Gasteiger partial charge in [0.1, 0.15) is 6.61 Å². The molecule has 0 saturated heterocycles. The van der Waals surface area contributed by atoms with Crippen molar-refractivity contribution in [3.63, 3.8) is 0 Å². The van der Waals surface area contributed by atoms with Crippen LogP contribution in [0.5, 0.6) is 0 Å². The van der Waals surface area contributed by atoms with Crippen molar-refractivity contribution in [1.29, 1.82) is 0 Å². The highest BCUT2D eigenvalue weighted by Gasteiger charge is 2.34. The Hall–Kier alpha value is -1.95. The second-order valence-corrected chi connectivity index (χ2v) is 8.35. The van der Waals surface area contributed by atoms with Crippen molar-refractivity contribution >= 4 is 57.6 Å². The third-order valence-corrected chi connectivity index (χ3v) is 4.32. The predicted octanol–water partition coefficient (Wildman–Crippen LogP) is 4.38. The maximum absolute atomic E-state index is 12.6. The van der Waals surface area contributed by atoms with Crippen LogP contribution in [0.25, 0.3) is 10.8 Å². The van der Waals surface area contributed by atoms with Crippen molar-refractivity contribution in [2.75, 3.05) is 6.61 Å². The molecule has 0 bridgehead atoms. The van der Waals surface area contributed by atoms with E-state index in [2.05, 4.69) is 10.6 Å². The van der Waals surface area contributed by atoms with Crippen LogP contribution >= 0.6 is 34.8 Å². The van der Waals surface area contributed by atoms with Gasteiger partial charge in [-0.05, 0) is 23.3 Å². The molecule has 3 rings (SSSR count). The van der Waals surface area contributed by atoms with E-state index in [-0.39, 0.29) is 5.57 Å². The van der Waals surface area contributed by atoms with Gasteiger partial charge in [-0.2, -0.15) is 0 Å². The molecule has 8 heteroatoms. The lowest BCUT2D eigenvalue weighted by molar-refractivity contribution is -0.139. The van der Waals surface area contributed by atoms with Crippen LogP contribution in [-0.4, -0.2) is 22.4 Å². The monoisotopic (exact) mass is 412 g/mol. The van der Waals surface area contributed by atoms with Gasteiger partial charge in [0.2, 0.25) is 3.79 Å². The number of amides is 2. The summed E-state index contributed by atoms with van der Waals surface area (Å²) in [5.74, 6) is -0.667. The van der Waals surface area contributed by atoms with Gasteiger partial charge in [-0.15, -0.1) is 0 Å². The lowest BCUT2D eigenvalue weighted by atomic mass is 9.91. The van der Waals surface area contributed by atoms with E-state index in [0.29, 0.717) is 5.70 Å². The summed E-state index contributed by atoms with van der Waals surface area (Å²) >= 11 is 17.0. The number of rotatable bonds is 3. The maximum Gasteiger partial charge on any atom is 0.338 e. The number of alkyl halides is 3. The summed E-state index contributed by atoms with van der Waals surface area (Å²) in [5, 5.41) is 7.27. The van der Waals surface area contributed by atoms with Crippen LogP contribution < -0.4 is 10.6 Å². The molecule has 5 nitrogen and oxygen atoms in total. The predicted molar refractivity (Wildman–Crippen MR) is 102 cm³/mol. The van der Waals surface area contributed by atoms with Gasteiger partial charge < -0.3 is 15.4 Å². The van der Waals surface area contributed by atoms with E-state index in [1.54, 1.807) is 6.92 Å². The zero-order valence-electron chi connectivity index (χ0n) is 13.7. The Morgan fingerprint density at radius 3 is 2.58 bits per heavy atom. The molecule has 0 saturated carbocycles. The Morgan fingerprint density at radius 2 is 1.85 bits per heavy atom. The number of ether oxygens (including phenoxy) is 1. The van der Waals surface area contributed by atoms with Gasteiger partial charge in [-0.25, -0.2) is 9.59 Å². The molecule has 2 aromatic carbocycles. The SMILES string of the molecule is CC1=C(C(=O)OCC(Cl)(Cl)Cl)[C@H](c2cccc3ccccc23)NC(=O)N1. The second kappa shape index (κ2) is 7.35. The Bertz CT molecular complexity index is 901. The molecule has 136 valence electrons. The van der Waals surface area contributed by atoms with E-state index in [9.17, 15) is 9.59 Å². The van der Waals surface area contributed by atoms with Crippen molar-refractivity contribution in [1.82, 2.24) is 10.6 Å². The summed E-state index contributed by atoms with van der Waals surface area (Å²) < 4.78 is 3.41. The van der Waals surface area contributed by atoms with Gasteiger partial charge in [-0.1, -0.05) is 77.3 Å². The maximum atomic E-state index is 12.6. The van der Waals surface area contributed by atoms with Gasteiger partial charge in [0.25, 0.3) is 0 Å². The van der Waals surface area contributed by atoms with E-state index in [4.69, 9.17) is 39.5 Å². The van der Waals surface area contributed by atoms with Crippen molar-refractivity contribution < 1.29 is 14.3 Å². The third kappa shape index (κ3) is 4.06. The molecule has 0 aliphatic carbocycles. The summed E-state index contributed by atoms with van der Waals surface area (Å²) in [5.41, 5.74) is 1.43. The van der Waals surface area contributed by atoms with E-state index in [1.165, 1.54) is 0 Å². The molecule has 2 N–H and O–H groups in total. The Morgan fingerprint density at radius 1 is 1.15 bits per heavy atom. The number of hydrogen-bond acceptors (Lipinski definition) is 3. The summed E-state index contributed by atoms with van der Waals surface area (Å²) in [7, 11) is 0. The Kier molecular flexibility index (Phi) is 5.32. The zero-order chi connectivity index (χ0) is 18.9. The van der Waals surface area contributed by atoms with E-state index < -0.39 is 28.4 Å². The lowest BCUT2D eigenvalue weighted by Gasteiger charge is -2.29. The van der Waals surface area contributed by atoms with Crippen molar-refractivity contribution in [2.24, 2.45) is 0 Å². The van der Waals surface area contributed by atoms with Crippen LogP contribution in [0.1, 0.15) is 18.5 Å². The quantitative estimate of drug-likeness (QED) is 0.579. The van der Waals surface area contributed by atoms with E-state index in [0.717, 1.165) is 16.3 Å². The fraction of sp³-hybridized carbons (Fsp3) is 0.222. The number of allylic oxidation sites excluding steroid dienone is 1. The second-order valence-electron chi connectivity index (χ2n) is 5.83. The molecule has 0 aromatic heterocycles. The summed E-state index contributed by atoms with van der Waals surface area (Å²) in [6, 6.07) is 12.3. The smallest absolute Gasteiger partial charge is 0.338 e. The molecule has 0 radical (unpaired) electrons. The van der Waals surface area contributed by atoms with Crippen molar-refractivity contribution in [2.45, 2.75) is 16.8 Å². The van der Waals surface area contributed by atoms with Crippen molar-refractivity contribution in [3.05, 3.63) is 59.3 Å². The molecule has 1 heterocycles. The van der Waals surface area contributed by atoms with Gasteiger partial charge in [0.05, 0.1) is 11.6 Å². The normalized spacial score (nSPS) is 17.7. The molecule has 1 atom stereocenters. The fourth-order valence-electron chi connectivity index (χ4n) is 2.93. The number of benzene rings is 2. The first-order chi connectivity index (χ1) is 12.3. The van der Waals surface area contributed by atoms with Gasteiger partial charge in [-0.3, -0.25) is 0 Å². The topological polar surface area (TPSA) is 67.4 Å². The third-order valence-electron chi connectivity index (χ3n) is 3.99. The minimum atomic E-state index is -1.72. The summed E-state index contributed by atoms with van der Waals surface area (Å²) in [6.07, 6.45) is 0. The highest BCUT2D eigenvalue weighted by molar-refractivity contribution is 6.67. The lowest BCUT2D eigenvalue weighted by Crippen LogP contribution is -2.45. The zero-order valence-corrected chi connectivity index (χ0v) is 16.0. The van der Waals surface area contributed by atoms with Crippen LogP contribution in [0.3, 0.4) is 0 Å². The molecule has 1 aliphatic rings. The number of hydrogen-bond donors (Lipinski definition) is 2. The molecule has 0 unspecified atom stereocenters.